The van der Waals surface area contributed by atoms with Crippen molar-refractivity contribution in [3.8, 4) is 5.75 Å². The van der Waals surface area contributed by atoms with Crippen LogP contribution in [0.3, 0.4) is 0 Å². The van der Waals surface area contributed by atoms with E-state index in [0.717, 1.165) is 12.2 Å². The summed E-state index contributed by atoms with van der Waals surface area (Å²) in [5.41, 5.74) is 3.44. The third kappa shape index (κ3) is 3.96. The molecule has 130 valence electrons. The van der Waals surface area contributed by atoms with Gasteiger partial charge in [-0.1, -0.05) is 41.9 Å². The summed E-state index contributed by atoms with van der Waals surface area (Å²) in [5, 5.41) is 0.609. The summed E-state index contributed by atoms with van der Waals surface area (Å²) >= 11 is 5.88. The van der Waals surface area contributed by atoms with Crippen molar-refractivity contribution < 1.29 is 14.3 Å². The van der Waals surface area contributed by atoms with Crippen molar-refractivity contribution in [2.75, 3.05) is 6.61 Å². The van der Waals surface area contributed by atoms with Crippen molar-refractivity contribution in [3.05, 3.63) is 100 Å². The van der Waals surface area contributed by atoms with E-state index in [2.05, 4.69) is 12.1 Å². The van der Waals surface area contributed by atoms with E-state index in [-0.39, 0.29) is 11.9 Å². The average Bonchev–Trinajstić information content (AvgIpc) is 3.52. The van der Waals surface area contributed by atoms with Gasteiger partial charge in [-0.3, -0.25) is 4.79 Å². The highest BCUT2D eigenvalue weighted by Crippen LogP contribution is 2.30. The third-order valence-electron chi connectivity index (χ3n) is 4.26. The quantitative estimate of drug-likeness (QED) is 0.444. The van der Waals surface area contributed by atoms with E-state index in [1.165, 1.54) is 5.56 Å². The van der Waals surface area contributed by atoms with Gasteiger partial charge in [-0.25, -0.2) is 0 Å². The van der Waals surface area contributed by atoms with Crippen molar-refractivity contribution >= 4 is 17.4 Å². The molecule has 0 aromatic heterocycles. The second-order valence-electron chi connectivity index (χ2n) is 6.22. The van der Waals surface area contributed by atoms with E-state index >= 15 is 0 Å². The Balaban J connectivity index is 1.46. The molecular formula is C22H17ClO3. The molecule has 1 aliphatic heterocycles. The molecule has 3 nitrogen and oxygen atoms in total. The van der Waals surface area contributed by atoms with E-state index in [1.54, 1.807) is 36.4 Å². The Labute approximate surface area is 157 Å². The zero-order chi connectivity index (χ0) is 17.9. The lowest BCUT2D eigenvalue weighted by atomic mass is 10.0. The van der Waals surface area contributed by atoms with Gasteiger partial charge in [-0.05, 0) is 53.6 Å². The van der Waals surface area contributed by atoms with Gasteiger partial charge in [0.25, 0.3) is 0 Å². The van der Waals surface area contributed by atoms with Gasteiger partial charge < -0.3 is 9.47 Å². The fraction of sp³-hybridized carbons (Fsp3) is 0.136. The van der Waals surface area contributed by atoms with Crippen LogP contribution in [0.15, 0.2) is 72.8 Å². The Morgan fingerprint density at radius 2 is 1.77 bits per heavy atom. The van der Waals surface area contributed by atoms with Crippen LogP contribution in [0.1, 0.15) is 33.2 Å². The van der Waals surface area contributed by atoms with Crippen LogP contribution in [-0.2, 0) is 11.3 Å². The first-order valence-electron chi connectivity index (χ1n) is 8.42. The first-order chi connectivity index (χ1) is 12.7. The van der Waals surface area contributed by atoms with Crippen LogP contribution < -0.4 is 4.74 Å². The summed E-state index contributed by atoms with van der Waals surface area (Å²) in [7, 11) is 0. The molecule has 1 heterocycles. The van der Waals surface area contributed by atoms with E-state index in [4.69, 9.17) is 21.1 Å². The van der Waals surface area contributed by atoms with Gasteiger partial charge in [-0.2, -0.15) is 0 Å². The number of ether oxygens (including phenoxy) is 2. The van der Waals surface area contributed by atoms with Crippen LogP contribution in [-0.4, -0.2) is 12.4 Å². The molecule has 0 saturated carbocycles. The van der Waals surface area contributed by atoms with Crippen LogP contribution in [0.25, 0.3) is 0 Å². The lowest BCUT2D eigenvalue weighted by Gasteiger charge is -2.09. The summed E-state index contributed by atoms with van der Waals surface area (Å²) in [5.74, 6) is 0.609. The number of halogens is 1. The largest absolute Gasteiger partial charge is 0.489 e. The highest BCUT2D eigenvalue weighted by atomic mass is 35.5. The summed E-state index contributed by atoms with van der Waals surface area (Å²) in [4.78, 5) is 12.6. The van der Waals surface area contributed by atoms with Gasteiger partial charge in [0.15, 0.2) is 5.78 Å². The molecular weight excluding hydrogens is 348 g/mol. The molecule has 0 bridgehead atoms. The highest BCUT2D eigenvalue weighted by molar-refractivity contribution is 6.30. The van der Waals surface area contributed by atoms with Crippen LogP contribution in [0.5, 0.6) is 5.75 Å². The summed E-state index contributed by atoms with van der Waals surface area (Å²) in [6.07, 6.45) is 0.232. The van der Waals surface area contributed by atoms with Crippen LogP contribution in [0.2, 0.25) is 5.02 Å². The summed E-state index contributed by atoms with van der Waals surface area (Å²) < 4.78 is 11.2. The second kappa shape index (κ2) is 7.32. The van der Waals surface area contributed by atoms with Gasteiger partial charge in [0, 0.05) is 16.1 Å². The molecule has 4 rings (SSSR count). The lowest BCUT2D eigenvalue weighted by Crippen LogP contribution is -2.02. The smallest absolute Gasteiger partial charge is 0.193 e. The molecule has 0 spiro atoms. The number of benzene rings is 3. The Hall–Kier alpha value is -2.62. The molecule has 0 aliphatic carbocycles. The van der Waals surface area contributed by atoms with Gasteiger partial charge in [0.2, 0.25) is 0 Å². The number of hydrogen-bond donors (Lipinski definition) is 0. The first-order valence-corrected chi connectivity index (χ1v) is 8.80. The molecule has 3 aromatic carbocycles. The summed E-state index contributed by atoms with van der Waals surface area (Å²) in [6, 6.07) is 22.3. The summed E-state index contributed by atoms with van der Waals surface area (Å²) in [6.45, 7) is 1.23. The minimum absolute atomic E-state index is 0.0556. The van der Waals surface area contributed by atoms with Crippen molar-refractivity contribution in [2.24, 2.45) is 0 Å². The monoisotopic (exact) mass is 364 g/mol. The third-order valence-corrected chi connectivity index (χ3v) is 4.52. The molecule has 3 aromatic rings. The first kappa shape index (κ1) is 16.8. The maximum absolute atomic E-state index is 12.6. The number of epoxide rings is 1. The van der Waals surface area contributed by atoms with E-state index in [0.29, 0.717) is 28.5 Å². The fourth-order valence-corrected chi connectivity index (χ4v) is 2.91. The Kier molecular flexibility index (Phi) is 4.74. The van der Waals surface area contributed by atoms with Crippen molar-refractivity contribution in [1.82, 2.24) is 0 Å². The molecule has 0 N–H and O–H groups in total. The topological polar surface area (TPSA) is 38.8 Å². The van der Waals surface area contributed by atoms with Gasteiger partial charge in [0.05, 0.1) is 6.61 Å². The van der Waals surface area contributed by atoms with Crippen molar-refractivity contribution in [3.63, 3.8) is 0 Å². The van der Waals surface area contributed by atoms with Crippen LogP contribution in [0, 0.1) is 0 Å². The van der Waals surface area contributed by atoms with E-state index < -0.39 is 0 Å². The number of rotatable bonds is 6. The van der Waals surface area contributed by atoms with Gasteiger partial charge >= 0.3 is 0 Å². The van der Waals surface area contributed by atoms with Gasteiger partial charge in [-0.15, -0.1) is 0 Å². The molecule has 0 radical (unpaired) electrons. The maximum atomic E-state index is 12.6. The zero-order valence-electron chi connectivity index (χ0n) is 14.0. The Morgan fingerprint density at radius 3 is 2.54 bits per heavy atom. The molecule has 1 saturated heterocycles. The molecule has 1 atom stereocenters. The molecule has 0 amide bonds. The average molecular weight is 365 g/mol. The standard InChI is InChI=1S/C22H17ClO3/c23-19-9-7-16(8-10-19)22(24)18-5-2-6-20(12-18)25-13-15-3-1-4-17(11-15)21-14-26-21/h1-12,21H,13-14H2/t21-/m1/s1. The minimum Gasteiger partial charge on any atom is -0.489 e. The van der Waals surface area contributed by atoms with Crippen molar-refractivity contribution in [1.29, 1.82) is 0 Å². The predicted molar refractivity (Wildman–Crippen MR) is 101 cm³/mol. The van der Waals surface area contributed by atoms with Crippen LogP contribution >= 0.6 is 11.6 Å². The Bertz CT molecular complexity index is 930. The number of carbonyl (C=O) groups excluding carboxylic acids is 1. The molecule has 26 heavy (non-hydrogen) atoms. The molecule has 1 fully saturated rings. The number of carbonyl (C=O) groups is 1. The number of hydrogen-bond acceptors (Lipinski definition) is 3. The Morgan fingerprint density at radius 1 is 1.00 bits per heavy atom. The normalized spacial score (nSPS) is 15.5. The number of ketones is 1. The second-order valence-corrected chi connectivity index (χ2v) is 6.66. The SMILES string of the molecule is O=C(c1ccc(Cl)cc1)c1cccc(OCc2cccc([C@H]3CO3)c2)c1. The zero-order valence-corrected chi connectivity index (χ0v) is 14.8. The molecule has 0 unspecified atom stereocenters. The molecule has 1 aliphatic rings. The molecule has 4 heteroatoms. The lowest BCUT2D eigenvalue weighted by molar-refractivity contribution is 0.103. The highest BCUT2D eigenvalue weighted by Gasteiger charge is 2.24. The van der Waals surface area contributed by atoms with E-state index in [1.807, 2.05) is 24.3 Å². The minimum atomic E-state index is -0.0556. The van der Waals surface area contributed by atoms with E-state index in [9.17, 15) is 4.79 Å². The van der Waals surface area contributed by atoms with Gasteiger partial charge in [0.1, 0.15) is 18.5 Å². The van der Waals surface area contributed by atoms with Crippen LogP contribution in [0.4, 0.5) is 0 Å². The predicted octanol–water partition coefficient (Wildman–Crippen LogP) is 5.22. The fourth-order valence-electron chi connectivity index (χ4n) is 2.79. The maximum Gasteiger partial charge on any atom is 0.193 e. The van der Waals surface area contributed by atoms with Crippen molar-refractivity contribution in [2.45, 2.75) is 12.7 Å².